The van der Waals surface area contributed by atoms with Crippen LogP contribution in [0.25, 0.3) is 5.82 Å². The zero-order chi connectivity index (χ0) is 23.5. The molecule has 2 aromatic heterocycles. The van der Waals surface area contributed by atoms with Gasteiger partial charge in [0.05, 0.1) is 30.2 Å². The van der Waals surface area contributed by atoms with Crippen LogP contribution in [0.1, 0.15) is 58.1 Å². The number of aliphatic hydroxyl groups excluding tert-OH is 1. The van der Waals surface area contributed by atoms with Gasteiger partial charge in [0.2, 0.25) is 0 Å². The number of esters is 1. The van der Waals surface area contributed by atoms with Crippen LogP contribution in [-0.2, 0) is 17.9 Å². The number of nitrogens with one attached hydrogen (secondary N) is 1. The first-order valence-electron chi connectivity index (χ1n) is 10.7. The van der Waals surface area contributed by atoms with E-state index in [0.717, 1.165) is 22.3 Å². The lowest BCUT2D eigenvalue weighted by molar-refractivity contribution is 0.0535. The molecule has 3 heterocycles. The second-order valence-electron chi connectivity index (χ2n) is 8.14. The number of fused-ring (bicyclic) bond motifs is 1. The molecule has 0 bridgehead atoms. The normalized spacial score (nSPS) is 13.5. The van der Waals surface area contributed by atoms with E-state index in [9.17, 15) is 15.2 Å². The van der Waals surface area contributed by atoms with E-state index < -0.39 is 6.10 Å². The maximum absolute atomic E-state index is 11.7. The Morgan fingerprint density at radius 1 is 1.36 bits per heavy atom. The van der Waals surface area contributed by atoms with E-state index in [4.69, 9.17) is 9.47 Å². The number of hydrogen-bond acceptors (Lipinski definition) is 8. The summed E-state index contributed by atoms with van der Waals surface area (Å²) in [6.45, 7) is 6.76. The van der Waals surface area contributed by atoms with Gasteiger partial charge in [0.25, 0.3) is 0 Å². The fraction of sp³-hybridized carbons (Fsp3) is 0.333. The van der Waals surface area contributed by atoms with Crippen molar-refractivity contribution in [3.05, 3.63) is 70.2 Å². The predicted octanol–water partition coefficient (Wildman–Crippen LogP) is 2.73. The second kappa shape index (κ2) is 9.40. The third kappa shape index (κ3) is 4.72. The molecule has 2 N–H and O–H groups in total. The molecule has 0 radical (unpaired) electrons. The van der Waals surface area contributed by atoms with Crippen LogP contribution in [0.3, 0.4) is 0 Å². The Morgan fingerprint density at radius 2 is 2.18 bits per heavy atom. The van der Waals surface area contributed by atoms with Gasteiger partial charge in [0.15, 0.2) is 5.82 Å². The average Bonchev–Trinajstić information content (AvgIpc) is 3.41. The summed E-state index contributed by atoms with van der Waals surface area (Å²) in [5, 5.41) is 27.5. The molecule has 1 aliphatic rings. The molecule has 33 heavy (non-hydrogen) atoms. The van der Waals surface area contributed by atoms with Crippen LogP contribution in [0.4, 0.5) is 0 Å². The maximum Gasteiger partial charge on any atom is 0.338 e. The van der Waals surface area contributed by atoms with Crippen LogP contribution in [0, 0.1) is 18.3 Å². The van der Waals surface area contributed by atoms with Gasteiger partial charge < -0.3 is 19.9 Å². The predicted molar refractivity (Wildman–Crippen MR) is 119 cm³/mol. The van der Waals surface area contributed by atoms with Gasteiger partial charge in [-0.1, -0.05) is 6.07 Å². The lowest BCUT2D eigenvalue weighted by Crippen LogP contribution is -2.21. The molecule has 0 amide bonds. The van der Waals surface area contributed by atoms with Gasteiger partial charge in [-0.05, 0) is 38.0 Å². The Balaban J connectivity index is 1.39. The summed E-state index contributed by atoms with van der Waals surface area (Å²) in [6, 6.07) is 7.26. The lowest BCUT2D eigenvalue weighted by Gasteiger charge is -2.16. The minimum absolute atomic E-state index is 0.0708. The van der Waals surface area contributed by atoms with Crippen LogP contribution in [0.2, 0.25) is 0 Å². The number of nitriles is 1. The van der Waals surface area contributed by atoms with Crippen molar-refractivity contribution in [3.8, 4) is 17.6 Å². The summed E-state index contributed by atoms with van der Waals surface area (Å²) >= 11 is 0. The fourth-order valence-electron chi connectivity index (χ4n) is 3.76. The van der Waals surface area contributed by atoms with E-state index in [1.165, 1.54) is 6.20 Å². The quantitative estimate of drug-likeness (QED) is 0.506. The van der Waals surface area contributed by atoms with E-state index in [2.05, 4.69) is 21.5 Å². The molecule has 9 nitrogen and oxygen atoms in total. The zero-order valence-electron chi connectivity index (χ0n) is 18.7. The summed E-state index contributed by atoms with van der Waals surface area (Å²) in [5.74, 6) is 0.693. The molecule has 0 aliphatic carbocycles. The summed E-state index contributed by atoms with van der Waals surface area (Å²) < 4.78 is 12.4. The van der Waals surface area contributed by atoms with Crippen molar-refractivity contribution in [1.82, 2.24) is 20.1 Å². The number of benzene rings is 1. The average molecular weight is 447 g/mol. The molecule has 9 heteroatoms. The second-order valence-corrected chi connectivity index (χ2v) is 8.14. The number of aliphatic hydroxyl groups is 1. The van der Waals surface area contributed by atoms with E-state index in [1.54, 1.807) is 29.1 Å². The van der Waals surface area contributed by atoms with Gasteiger partial charge in [-0.2, -0.15) is 10.4 Å². The molecule has 1 atom stereocenters. The molecule has 4 rings (SSSR count). The van der Waals surface area contributed by atoms with Gasteiger partial charge >= 0.3 is 5.97 Å². The third-order valence-electron chi connectivity index (χ3n) is 5.44. The van der Waals surface area contributed by atoms with Crippen LogP contribution in [0.15, 0.2) is 36.8 Å². The summed E-state index contributed by atoms with van der Waals surface area (Å²) in [4.78, 5) is 16.0. The first kappa shape index (κ1) is 22.5. The van der Waals surface area contributed by atoms with Crippen molar-refractivity contribution < 1.29 is 19.4 Å². The molecular weight excluding hydrogens is 422 g/mol. The van der Waals surface area contributed by atoms with E-state index in [-0.39, 0.29) is 18.7 Å². The van der Waals surface area contributed by atoms with Crippen molar-refractivity contribution in [2.75, 3.05) is 6.54 Å². The SMILES string of the molecule is Cc1c([C@@H](O)CNCc2cnn(-c3cc(OC(C)C)c(C#N)cn3)c2)ccc2c1COC2=O. The minimum Gasteiger partial charge on any atom is -0.489 e. The minimum atomic E-state index is -0.725. The van der Waals surface area contributed by atoms with Crippen molar-refractivity contribution in [1.29, 1.82) is 5.26 Å². The fourth-order valence-corrected chi connectivity index (χ4v) is 3.76. The highest BCUT2D eigenvalue weighted by atomic mass is 16.5. The van der Waals surface area contributed by atoms with Crippen molar-refractivity contribution in [3.63, 3.8) is 0 Å². The number of pyridine rings is 1. The van der Waals surface area contributed by atoms with Crippen LogP contribution in [0.5, 0.6) is 5.75 Å². The number of nitrogens with zero attached hydrogens (tertiary/aromatic N) is 4. The first-order valence-corrected chi connectivity index (χ1v) is 10.7. The number of cyclic esters (lactones) is 1. The number of hydrogen-bond donors (Lipinski definition) is 2. The van der Waals surface area contributed by atoms with Gasteiger partial charge in [-0.25, -0.2) is 14.5 Å². The largest absolute Gasteiger partial charge is 0.489 e. The Kier molecular flexibility index (Phi) is 6.40. The van der Waals surface area contributed by atoms with E-state index in [1.807, 2.05) is 27.0 Å². The molecule has 170 valence electrons. The molecule has 0 spiro atoms. The molecule has 0 saturated carbocycles. The Labute approximate surface area is 191 Å². The van der Waals surface area contributed by atoms with Gasteiger partial charge in [0.1, 0.15) is 24.0 Å². The van der Waals surface area contributed by atoms with Crippen molar-refractivity contribution >= 4 is 5.97 Å². The zero-order valence-corrected chi connectivity index (χ0v) is 18.7. The van der Waals surface area contributed by atoms with Gasteiger partial charge in [-0.15, -0.1) is 0 Å². The Hall–Kier alpha value is -3.74. The number of ether oxygens (including phenoxy) is 2. The maximum atomic E-state index is 11.7. The third-order valence-corrected chi connectivity index (χ3v) is 5.44. The summed E-state index contributed by atoms with van der Waals surface area (Å²) in [6.07, 6.45) is 4.22. The number of aromatic nitrogens is 3. The van der Waals surface area contributed by atoms with Crippen LogP contribution >= 0.6 is 0 Å². The number of carbonyl (C=O) groups excluding carboxylic acids is 1. The van der Waals surface area contributed by atoms with Gasteiger partial charge in [-0.3, -0.25) is 0 Å². The summed E-state index contributed by atoms with van der Waals surface area (Å²) in [5.41, 5.74) is 4.34. The number of carbonyl (C=O) groups is 1. The van der Waals surface area contributed by atoms with Crippen molar-refractivity contribution in [2.24, 2.45) is 0 Å². The van der Waals surface area contributed by atoms with Crippen molar-refractivity contribution in [2.45, 2.75) is 46.1 Å². The molecule has 0 fully saturated rings. The highest BCUT2D eigenvalue weighted by Gasteiger charge is 2.25. The first-order chi connectivity index (χ1) is 15.9. The highest BCUT2D eigenvalue weighted by Crippen LogP contribution is 2.29. The molecule has 3 aromatic rings. The smallest absolute Gasteiger partial charge is 0.338 e. The molecule has 1 aromatic carbocycles. The lowest BCUT2D eigenvalue weighted by atomic mass is 9.95. The Morgan fingerprint density at radius 3 is 2.94 bits per heavy atom. The molecule has 1 aliphatic heterocycles. The van der Waals surface area contributed by atoms with E-state index >= 15 is 0 Å². The summed E-state index contributed by atoms with van der Waals surface area (Å²) in [7, 11) is 0. The topological polar surface area (TPSA) is 122 Å². The van der Waals surface area contributed by atoms with E-state index in [0.29, 0.717) is 35.8 Å². The van der Waals surface area contributed by atoms with Gasteiger partial charge in [0, 0.05) is 36.5 Å². The molecule has 0 unspecified atom stereocenters. The monoisotopic (exact) mass is 447 g/mol. The van der Waals surface area contributed by atoms with Crippen LogP contribution < -0.4 is 10.1 Å². The van der Waals surface area contributed by atoms with Crippen LogP contribution in [-0.4, -0.2) is 38.5 Å². The standard InChI is InChI=1S/C24H25N5O4/c1-14(2)33-22-6-23(27-10-17(22)7-25)29-12-16(9-28-29)8-26-11-21(30)18-4-5-19-20(15(18)3)13-32-24(19)31/h4-6,9-10,12,14,21,26,30H,8,11,13H2,1-3H3/t21-/m0/s1. The molecule has 0 saturated heterocycles. The number of rotatable bonds is 8. The highest BCUT2D eigenvalue weighted by molar-refractivity contribution is 5.93. The Bertz CT molecular complexity index is 1230. The molecular formula is C24H25N5O4.